The first-order valence-electron chi connectivity index (χ1n) is 8.03. The molecule has 2 aromatic carbocycles. The van der Waals surface area contributed by atoms with Gasteiger partial charge in [-0.05, 0) is 43.2 Å². The lowest BCUT2D eigenvalue weighted by Gasteiger charge is -2.37. The molecular formula is C19H20F2N2O. The number of piperazine rings is 1. The largest absolute Gasteiger partial charge is 0.368 e. The molecule has 24 heavy (non-hydrogen) atoms. The van der Waals surface area contributed by atoms with E-state index in [9.17, 15) is 13.6 Å². The van der Waals surface area contributed by atoms with Gasteiger partial charge >= 0.3 is 0 Å². The predicted molar refractivity (Wildman–Crippen MR) is 90.4 cm³/mol. The topological polar surface area (TPSA) is 23.6 Å². The fraction of sp³-hybridized carbons (Fsp3) is 0.316. The highest BCUT2D eigenvalue weighted by Gasteiger charge is 2.27. The molecule has 5 heteroatoms. The molecule has 1 heterocycles. The predicted octanol–water partition coefficient (Wildman–Crippen LogP) is 3.54. The second-order valence-electron chi connectivity index (χ2n) is 6.09. The molecule has 0 aliphatic carbocycles. The number of nitrogens with zero attached hydrogens (tertiary/aromatic N) is 2. The highest BCUT2D eigenvalue weighted by atomic mass is 19.1. The maximum Gasteiger partial charge on any atom is 0.259 e. The minimum Gasteiger partial charge on any atom is -0.368 e. The summed E-state index contributed by atoms with van der Waals surface area (Å²) in [6.07, 6.45) is 0. The van der Waals surface area contributed by atoms with E-state index < -0.39 is 23.1 Å². The van der Waals surface area contributed by atoms with Crippen LogP contribution in [0.2, 0.25) is 0 Å². The maximum absolute atomic E-state index is 13.8. The van der Waals surface area contributed by atoms with E-state index >= 15 is 0 Å². The quantitative estimate of drug-likeness (QED) is 0.841. The first-order valence-corrected chi connectivity index (χ1v) is 8.03. The number of anilines is 1. The van der Waals surface area contributed by atoms with E-state index in [1.54, 1.807) is 0 Å². The molecule has 126 valence electrons. The van der Waals surface area contributed by atoms with Gasteiger partial charge in [-0.1, -0.05) is 18.2 Å². The van der Waals surface area contributed by atoms with Crippen molar-refractivity contribution < 1.29 is 13.6 Å². The van der Waals surface area contributed by atoms with Gasteiger partial charge in [0.05, 0.1) is 0 Å². The number of aryl methyl sites for hydroxylation is 1. The molecule has 1 saturated heterocycles. The highest BCUT2D eigenvalue weighted by Crippen LogP contribution is 2.24. The molecule has 1 aliphatic heterocycles. The Bertz CT molecular complexity index is 748. The molecule has 0 N–H and O–H groups in total. The Hall–Kier alpha value is -2.43. The van der Waals surface area contributed by atoms with Crippen molar-refractivity contribution in [1.82, 2.24) is 4.90 Å². The van der Waals surface area contributed by atoms with Crippen molar-refractivity contribution in [2.45, 2.75) is 13.8 Å². The van der Waals surface area contributed by atoms with Crippen LogP contribution in [0, 0.1) is 25.5 Å². The molecular weight excluding hydrogens is 310 g/mol. The summed E-state index contributed by atoms with van der Waals surface area (Å²) in [5.74, 6) is -2.19. The molecule has 3 rings (SSSR count). The molecule has 1 aliphatic rings. The first kappa shape index (κ1) is 16.4. The lowest BCUT2D eigenvalue weighted by molar-refractivity contribution is 0.0737. The summed E-state index contributed by atoms with van der Waals surface area (Å²) in [6.45, 7) is 6.33. The van der Waals surface area contributed by atoms with E-state index in [1.165, 1.54) is 22.1 Å². The molecule has 0 unspecified atom stereocenters. The molecule has 0 aromatic heterocycles. The minimum absolute atomic E-state index is 0.444. The van der Waals surface area contributed by atoms with Crippen molar-refractivity contribution >= 4 is 11.6 Å². The number of amides is 1. The average Bonchev–Trinajstić information content (AvgIpc) is 2.57. The molecule has 0 spiro atoms. The van der Waals surface area contributed by atoms with Crippen LogP contribution in [-0.2, 0) is 0 Å². The maximum atomic E-state index is 13.8. The Morgan fingerprint density at radius 3 is 2.12 bits per heavy atom. The van der Waals surface area contributed by atoms with Crippen molar-refractivity contribution in [3.8, 4) is 0 Å². The first-order chi connectivity index (χ1) is 11.5. The normalized spacial score (nSPS) is 14.8. The van der Waals surface area contributed by atoms with Crippen LogP contribution in [0.15, 0.2) is 36.4 Å². The van der Waals surface area contributed by atoms with Gasteiger partial charge in [-0.25, -0.2) is 8.78 Å². The summed E-state index contributed by atoms with van der Waals surface area (Å²) < 4.78 is 27.6. The number of carbonyl (C=O) groups excluding carboxylic acids is 1. The smallest absolute Gasteiger partial charge is 0.259 e. The van der Waals surface area contributed by atoms with Gasteiger partial charge in [0.15, 0.2) is 0 Å². The van der Waals surface area contributed by atoms with E-state index in [2.05, 4.69) is 30.9 Å². The van der Waals surface area contributed by atoms with Crippen molar-refractivity contribution in [2.24, 2.45) is 0 Å². The Kier molecular flexibility index (Phi) is 4.51. The molecule has 0 radical (unpaired) electrons. The van der Waals surface area contributed by atoms with E-state index in [0.717, 1.165) is 17.8 Å². The van der Waals surface area contributed by atoms with Crippen LogP contribution in [0.4, 0.5) is 14.5 Å². The molecule has 0 atom stereocenters. The van der Waals surface area contributed by atoms with E-state index in [0.29, 0.717) is 26.2 Å². The summed E-state index contributed by atoms with van der Waals surface area (Å²) >= 11 is 0. The Labute approximate surface area is 140 Å². The van der Waals surface area contributed by atoms with Crippen LogP contribution in [0.1, 0.15) is 21.5 Å². The second-order valence-corrected chi connectivity index (χ2v) is 6.09. The van der Waals surface area contributed by atoms with Crippen molar-refractivity contribution in [3.63, 3.8) is 0 Å². The zero-order chi connectivity index (χ0) is 17.3. The van der Waals surface area contributed by atoms with Crippen LogP contribution < -0.4 is 4.90 Å². The number of carbonyl (C=O) groups is 1. The van der Waals surface area contributed by atoms with Crippen LogP contribution >= 0.6 is 0 Å². The monoisotopic (exact) mass is 330 g/mol. The minimum atomic E-state index is -0.808. The van der Waals surface area contributed by atoms with Crippen molar-refractivity contribution in [2.75, 3.05) is 31.1 Å². The van der Waals surface area contributed by atoms with Gasteiger partial charge in [-0.2, -0.15) is 0 Å². The van der Waals surface area contributed by atoms with E-state index in [4.69, 9.17) is 0 Å². The summed E-state index contributed by atoms with van der Waals surface area (Å²) in [7, 11) is 0. The fourth-order valence-electron chi connectivity index (χ4n) is 3.09. The lowest BCUT2D eigenvalue weighted by atomic mass is 10.1. The molecule has 0 bridgehead atoms. The van der Waals surface area contributed by atoms with Gasteiger partial charge in [0.2, 0.25) is 0 Å². The summed E-state index contributed by atoms with van der Waals surface area (Å²) in [5.41, 5.74) is 3.13. The van der Waals surface area contributed by atoms with Gasteiger partial charge < -0.3 is 9.80 Å². The SMILES string of the molecule is Cc1cccc(N2CCN(C(=O)c3c(F)cccc3F)CC2)c1C. The summed E-state index contributed by atoms with van der Waals surface area (Å²) in [4.78, 5) is 16.2. The number of hydrogen-bond donors (Lipinski definition) is 0. The van der Waals surface area contributed by atoms with E-state index in [-0.39, 0.29) is 0 Å². The molecule has 1 fully saturated rings. The number of benzene rings is 2. The zero-order valence-electron chi connectivity index (χ0n) is 13.9. The van der Waals surface area contributed by atoms with Gasteiger partial charge in [0, 0.05) is 31.9 Å². The van der Waals surface area contributed by atoms with Gasteiger partial charge in [-0.15, -0.1) is 0 Å². The third kappa shape index (κ3) is 2.98. The number of rotatable bonds is 2. The van der Waals surface area contributed by atoms with Crippen LogP contribution in [0.3, 0.4) is 0 Å². The third-order valence-electron chi connectivity index (χ3n) is 4.66. The lowest BCUT2D eigenvalue weighted by Crippen LogP contribution is -2.49. The van der Waals surface area contributed by atoms with E-state index in [1.807, 2.05) is 6.07 Å². The Morgan fingerprint density at radius 2 is 1.50 bits per heavy atom. The molecule has 3 nitrogen and oxygen atoms in total. The van der Waals surface area contributed by atoms with Crippen LogP contribution in [0.5, 0.6) is 0 Å². The highest BCUT2D eigenvalue weighted by molar-refractivity contribution is 5.95. The second kappa shape index (κ2) is 6.59. The van der Waals surface area contributed by atoms with Gasteiger partial charge in [0.1, 0.15) is 17.2 Å². The average molecular weight is 330 g/mol. The van der Waals surface area contributed by atoms with Crippen molar-refractivity contribution in [1.29, 1.82) is 0 Å². The van der Waals surface area contributed by atoms with Crippen molar-refractivity contribution in [3.05, 3.63) is 64.7 Å². The summed E-state index contributed by atoms with van der Waals surface area (Å²) in [5, 5.41) is 0. The van der Waals surface area contributed by atoms with Gasteiger partial charge in [-0.3, -0.25) is 4.79 Å². The van der Waals surface area contributed by atoms with Crippen LogP contribution in [-0.4, -0.2) is 37.0 Å². The van der Waals surface area contributed by atoms with Gasteiger partial charge in [0.25, 0.3) is 5.91 Å². The molecule has 0 saturated carbocycles. The summed E-state index contributed by atoms with van der Waals surface area (Å²) in [6, 6.07) is 9.64. The Morgan fingerprint density at radius 1 is 0.917 bits per heavy atom. The number of halogens is 2. The van der Waals surface area contributed by atoms with Crippen LogP contribution in [0.25, 0.3) is 0 Å². The third-order valence-corrected chi connectivity index (χ3v) is 4.66. The molecule has 1 amide bonds. The molecule has 2 aromatic rings. The zero-order valence-corrected chi connectivity index (χ0v) is 13.9. The number of hydrogen-bond acceptors (Lipinski definition) is 2. The Balaban J connectivity index is 1.73. The fourth-order valence-corrected chi connectivity index (χ4v) is 3.09. The standard InChI is InChI=1S/C19H20F2N2O/c1-13-5-3-8-17(14(13)2)22-9-11-23(12-10-22)19(24)18-15(20)6-4-7-16(18)21/h3-8H,9-12H2,1-2H3.